The minimum atomic E-state index is -2.77. The zero-order chi connectivity index (χ0) is 10.0. The van der Waals surface area contributed by atoms with Crippen molar-refractivity contribution in [2.24, 2.45) is 0 Å². The lowest BCUT2D eigenvalue weighted by Gasteiger charge is -2.04. The molecule has 0 fully saturated rings. The van der Waals surface area contributed by atoms with E-state index in [1.165, 1.54) is 12.1 Å². The summed E-state index contributed by atoms with van der Waals surface area (Å²) >= 11 is 17.0. The van der Waals surface area contributed by atoms with E-state index in [2.05, 4.69) is 4.72 Å². The molecule has 0 radical (unpaired) electrons. The van der Waals surface area contributed by atoms with Crippen molar-refractivity contribution in [3.8, 4) is 0 Å². The number of nitrogens with one attached hydrogen (secondary N) is 1. The number of benzene rings is 1. The van der Waals surface area contributed by atoms with E-state index in [0.29, 0.717) is 5.02 Å². The van der Waals surface area contributed by atoms with Gasteiger partial charge in [-0.1, -0.05) is 34.8 Å². The maximum Gasteiger partial charge on any atom is 0.222 e. The fourth-order valence-corrected chi connectivity index (χ4v) is 1.82. The van der Waals surface area contributed by atoms with Gasteiger partial charge in [0, 0.05) is 5.02 Å². The van der Waals surface area contributed by atoms with Crippen LogP contribution in [0.5, 0.6) is 0 Å². The van der Waals surface area contributed by atoms with Crippen LogP contribution in [0.3, 0.4) is 0 Å². The summed E-state index contributed by atoms with van der Waals surface area (Å²) in [5.41, 5.74) is 0.176. The zero-order valence-electron chi connectivity index (χ0n) is 6.05. The summed E-state index contributed by atoms with van der Waals surface area (Å²) in [7, 11) is -2.77. The lowest BCUT2D eigenvalue weighted by atomic mass is 10.3. The number of halogens is 3. The number of hydrogen-bond donors (Lipinski definition) is 2. The predicted octanol–water partition coefficient (Wildman–Crippen LogP) is 2.59. The summed E-state index contributed by atoms with van der Waals surface area (Å²) in [4.78, 5) is 0. The summed E-state index contributed by atoms with van der Waals surface area (Å²) in [6, 6.07) is 2.80. The van der Waals surface area contributed by atoms with E-state index < -0.39 is 10.9 Å². The second-order valence-electron chi connectivity index (χ2n) is 2.12. The third-order valence-electron chi connectivity index (χ3n) is 1.20. The van der Waals surface area contributed by atoms with Gasteiger partial charge in [0.15, 0.2) is 0 Å². The van der Waals surface area contributed by atoms with Crippen LogP contribution in [-0.4, -0.2) is 8.42 Å². The molecule has 0 bridgehead atoms. The fourth-order valence-electron chi connectivity index (χ4n) is 0.736. The van der Waals surface area contributed by atoms with Crippen molar-refractivity contribution >= 4 is 51.4 Å². The van der Waals surface area contributed by atoms with E-state index in [0.717, 1.165) is 0 Å². The van der Waals surface area contributed by atoms with Gasteiger partial charge in [-0.05, 0) is 12.1 Å². The van der Waals surface area contributed by atoms with Gasteiger partial charge < -0.3 is 0 Å². The molecule has 1 aromatic rings. The Kier molecular flexibility index (Phi) is 3.67. The Labute approximate surface area is 91.7 Å². The molecule has 0 amide bonds. The fraction of sp³-hybridized carbons (Fsp3) is 0. The topological polar surface area (TPSA) is 46.2 Å². The SMILES string of the molecule is O=[SH](=O)Nc1cc(Cl)cc(Cl)c1Cl. The molecule has 0 saturated heterocycles. The molecule has 1 N–H and O–H groups in total. The minimum absolute atomic E-state index is 0.130. The molecule has 0 heterocycles. The van der Waals surface area contributed by atoms with Crippen LogP contribution in [0.25, 0.3) is 0 Å². The first-order valence-corrected chi connectivity index (χ1v) is 5.37. The Morgan fingerprint density at radius 1 is 1.15 bits per heavy atom. The molecular formula is C6H4Cl3NO2S. The predicted molar refractivity (Wildman–Crippen MR) is 55.4 cm³/mol. The molecule has 0 atom stereocenters. The van der Waals surface area contributed by atoms with Crippen LogP contribution in [0.4, 0.5) is 5.69 Å². The lowest BCUT2D eigenvalue weighted by molar-refractivity contribution is 0.619. The van der Waals surface area contributed by atoms with Crippen LogP contribution in [0.1, 0.15) is 0 Å². The van der Waals surface area contributed by atoms with Crippen LogP contribution in [-0.2, 0) is 10.9 Å². The number of thiol groups is 1. The van der Waals surface area contributed by atoms with Gasteiger partial charge in [0.05, 0.1) is 15.7 Å². The Morgan fingerprint density at radius 2 is 1.77 bits per heavy atom. The molecule has 0 spiro atoms. The van der Waals surface area contributed by atoms with Crippen LogP contribution in [0.2, 0.25) is 15.1 Å². The van der Waals surface area contributed by atoms with Crippen molar-refractivity contribution in [3.63, 3.8) is 0 Å². The van der Waals surface area contributed by atoms with E-state index in [-0.39, 0.29) is 15.7 Å². The van der Waals surface area contributed by atoms with Gasteiger partial charge >= 0.3 is 0 Å². The molecule has 0 aromatic heterocycles. The zero-order valence-corrected chi connectivity index (χ0v) is 9.21. The second-order valence-corrected chi connectivity index (χ2v) is 4.08. The molecule has 1 aromatic carbocycles. The minimum Gasteiger partial charge on any atom is -0.284 e. The highest BCUT2D eigenvalue weighted by atomic mass is 35.5. The third kappa shape index (κ3) is 2.91. The smallest absolute Gasteiger partial charge is 0.222 e. The maximum atomic E-state index is 10.3. The van der Waals surface area contributed by atoms with Gasteiger partial charge in [-0.3, -0.25) is 4.72 Å². The normalized spacial score (nSPS) is 10.5. The highest BCUT2D eigenvalue weighted by Gasteiger charge is 2.06. The van der Waals surface area contributed by atoms with E-state index in [1.807, 2.05) is 0 Å². The summed E-state index contributed by atoms with van der Waals surface area (Å²) in [5.74, 6) is 0. The van der Waals surface area contributed by atoms with Gasteiger partial charge in [-0.2, -0.15) is 0 Å². The molecule has 0 aliphatic heterocycles. The second kappa shape index (κ2) is 4.37. The van der Waals surface area contributed by atoms with E-state index in [9.17, 15) is 8.42 Å². The molecule has 0 saturated carbocycles. The monoisotopic (exact) mass is 259 g/mol. The molecule has 3 nitrogen and oxygen atoms in total. The summed E-state index contributed by atoms with van der Waals surface area (Å²) in [6.07, 6.45) is 0. The molecule has 0 aliphatic rings. The van der Waals surface area contributed by atoms with Gasteiger partial charge in [0.1, 0.15) is 0 Å². The van der Waals surface area contributed by atoms with Gasteiger partial charge in [0.25, 0.3) is 0 Å². The van der Waals surface area contributed by atoms with E-state index in [4.69, 9.17) is 34.8 Å². The standard InChI is InChI=1S/C6H4Cl3NO2S/c7-3-1-4(8)6(9)5(2-3)10-13(11)12/h1-2,13H,(H,10,11,12). The van der Waals surface area contributed by atoms with Crippen LogP contribution < -0.4 is 4.72 Å². The molecule has 13 heavy (non-hydrogen) atoms. The summed E-state index contributed by atoms with van der Waals surface area (Å²) < 4.78 is 22.8. The average molecular weight is 261 g/mol. The first-order chi connectivity index (χ1) is 6.00. The molecule has 0 aliphatic carbocycles. The van der Waals surface area contributed by atoms with Crippen LogP contribution >= 0.6 is 34.8 Å². The molecule has 7 heteroatoms. The Morgan fingerprint density at radius 3 is 2.31 bits per heavy atom. The van der Waals surface area contributed by atoms with Crippen molar-refractivity contribution in [2.45, 2.75) is 0 Å². The van der Waals surface area contributed by atoms with Crippen molar-refractivity contribution in [2.75, 3.05) is 4.72 Å². The van der Waals surface area contributed by atoms with Crippen LogP contribution in [0, 0.1) is 0 Å². The van der Waals surface area contributed by atoms with Gasteiger partial charge in [0.2, 0.25) is 10.9 Å². The molecule has 72 valence electrons. The van der Waals surface area contributed by atoms with Crippen molar-refractivity contribution in [1.82, 2.24) is 0 Å². The number of anilines is 1. The van der Waals surface area contributed by atoms with E-state index >= 15 is 0 Å². The van der Waals surface area contributed by atoms with Crippen molar-refractivity contribution < 1.29 is 8.42 Å². The van der Waals surface area contributed by atoms with Gasteiger partial charge in [-0.25, -0.2) is 8.42 Å². The maximum absolute atomic E-state index is 10.3. The quantitative estimate of drug-likeness (QED) is 0.634. The molecular weight excluding hydrogens is 256 g/mol. The highest BCUT2D eigenvalue weighted by molar-refractivity contribution is 7.73. The molecule has 1 rings (SSSR count). The first-order valence-electron chi connectivity index (χ1n) is 3.06. The summed E-state index contributed by atoms with van der Waals surface area (Å²) in [6.45, 7) is 0. The van der Waals surface area contributed by atoms with Crippen LogP contribution in [0.15, 0.2) is 12.1 Å². The first kappa shape index (κ1) is 10.9. The lowest BCUT2D eigenvalue weighted by Crippen LogP contribution is -1.95. The third-order valence-corrected chi connectivity index (χ3v) is 2.65. The Hall–Kier alpha value is -0.160. The van der Waals surface area contributed by atoms with Crippen molar-refractivity contribution in [3.05, 3.63) is 27.2 Å². The Bertz CT molecular complexity index is 397. The molecule has 0 unspecified atom stereocenters. The van der Waals surface area contributed by atoms with Crippen molar-refractivity contribution in [1.29, 1.82) is 0 Å². The van der Waals surface area contributed by atoms with E-state index in [1.54, 1.807) is 0 Å². The highest BCUT2D eigenvalue weighted by Crippen LogP contribution is 2.33. The summed E-state index contributed by atoms with van der Waals surface area (Å²) in [5, 5.41) is 0.646. The number of rotatable bonds is 2. The largest absolute Gasteiger partial charge is 0.284 e. The van der Waals surface area contributed by atoms with Gasteiger partial charge in [-0.15, -0.1) is 0 Å². The Balaban J connectivity index is 3.20. The number of hydrogen-bond acceptors (Lipinski definition) is 2. The average Bonchev–Trinajstić information content (AvgIpc) is 1.98.